The van der Waals surface area contributed by atoms with Crippen molar-refractivity contribution in [2.75, 3.05) is 0 Å². The lowest BCUT2D eigenvalue weighted by molar-refractivity contribution is 0.277. The van der Waals surface area contributed by atoms with E-state index in [9.17, 15) is 8.42 Å². The SMILES string of the molecule is CC1=C(/C=C/C(C)=C/CCC(C)CC2=NS(=O)(=O)ON2)C(C)(C)CCC1. The van der Waals surface area contributed by atoms with Gasteiger partial charge in [-0.05, 0) is 62.9 Å². The van der Waals surface area contributed by atoms with Crippen LogP contribution in [-0.4, -0.2) is 14.3 Å². The van der Waals surface area contributed by atoms with Gasteiger partial charge in [0.2, 0.25) is 0 Å². The molecule has 0 spiro atoms. The van der Waals surface area contributed by atoms with Gasteiger partial charge in [-0.25, -0.2) is 5.48 Å². The normalized spacial score (nSPS) is 23.9. The Morgan fingerprint density at radius 3 is 2.77 bits per heavy atom. The lowest BCUT2D eigenvalue weighted by atomic mass is 9.72. The van der Waals surface area contributed by atoms with Crippen LogP contribution in [0.5, 0.6) is 0 Å². The summed E-state index contributed by atoms with van der Waals surface area (Å²) in [6.45, 7) is 11.1. The molecule has 1 N–H and O–H groups in total. The van der Waals surface area contributed by atoms with Crippen LogP contribution in [0.4, 0.5) is 0 Å². The molecule has 5 nitrogen and oxygen atoms in total. The monoisotopic (exact) mass is 380 g/mol. The van der Waals surface area contributed by atoms with Crippen molar-refractivity contribution in [3.05, 3.63) is 34.9 Å². The van der Waals surface area contributed by atoms with E-state index in [0.717, 1.165) is 12.8 Å². The zero-order chi connectivity index (χ0) is 19.4. The van der Waals surface area contributed by atoms with E-state index in [2.05, 4.69) is 67.0 Å². The van der Waals surface area contributed by atoms with Crippen LogP contribution in [0.1, 0.15) is 73.1 Å². The summed E-state index contributed by atoms with van der Waals surface area (Å²) >= 11 is 0. The average molecular weight is 381 g/mol. The Kier molecular flexibility index (Phi) is 6.86. The van der Waals surface area contributed by atoms with Crippen LogP contribution in [0.15, 0.2) is 39.3 Å². The molecule has 6 heteroatoms. The Balaban J connectivity index is 1.85. The molecule has 26 heavy (non-hydrogen) atoms. The molecule has 1 aliphatic heterocycles. The summed E-state index contributed by atoms with van der Waals surface area (Å²) in [5, 5.41) is 0. The second-order valence-corrected chi connectivity index (χ2v) is 9.46. The van der Waals surface area contributed by atoms with Gasteiger partial charge in [-0.2, -0.15) is 8.42 Å². The van der Waals surface area contributed by atoms with E-state index in [4.69, 9.17) is 0 Å². The summed E-state index contributed by atoms with van der Waals surface area (Å²) in [5.41, 5.74) is 6.91. The molecule has 2 rings (SSSR count). The smallest absolute Gasteiger partial charge is 0.233 e. The molecule has 0 aromatic carbocycles. The summed E-state index contributed by atoms with van der Waals surface area (Å²) in [4.78, 5) is 0. The minimum atomic E-state index is -3.76. The van der Waals surface area contributed by atoms with Gasteiger partial charge in [0.15, 0.2) is 0 Å². The lowest BCUT2D eigenvalue weighted by Crippen LogP contribution is -2.19. The highest BCUT2D eigenvalue weighted by molar-refractivity contribution is 7.85. The highest BCUT2D eigenvalue weighted by Gasteiger charge is 2.26. The lowest BCUT2D eigenvalue weighted by Gasteiger charge is -2.32. The molecule has 0 aromatic rings. The minimum Gasteiger partial charge on any atom is -0.233 e. The molecule has 1 atom stereocenters. The van der Waals surface area contributed by atoms with E-state index in [1.54, 1.807) is 0 Å². The summed E-state index contributed by atoms with van der Waals surface area (Å²) in [6.07, 6.45) is 13.0. The topological polar surface area (TPSA) is 67.8 Å². The van der Waals surface area contributed by atoms with Crippen molar-refractivity contribution in [3.8, 4) is 0 Å². The third kappa shape index (κ3) is 6.09. The molecule has 0 radical (unpaired) electrons. The van der Waals surface area contributed by atoms with E-state index in [1.165, 1.54) is 36.0 Å². The highest BCUT2D eigenvalue weighted by atomic mass is 32.2. The van der Waals surface area contributed by atoms with Crippen LogP contribution in [0.2, 0.25) is 0 Å². The van der Waals surface area contributed by atoms with E-state index < -0.39 is 10.3 Å². The molecule has 0 bridgehead atoms. The molecule has 1 unspecified atom stereocenters. The van der Waals surface area contributed by atoms with Gasteiger partial charge in [-0.1, -0.05) is 50.1 Å². The zero-order valence-electron chi connectivity index (χ0n) is 16.6. The molecular weight excluding hydrogens is 348 g/mol. The van der Waals surface area contributed by atoms with E-state index in [-0.39, 0.29) is 5.41 Å². The Hall–Kier alpha value is -1.40. The number of amidine groups is 1. The molecule has 1 heterocycles. The highest BCUT2D eigenvalue weighted by Crippen LogP contribution is 2.40. The predicted molar refractivity (Wildman–Crippen MR) is 107 cm³/mol. The minimum absolute atomic E-state index is 0.269. The molecule has 0 saturated heterocycles. The molecule has 0 aromatic heterocycles. The van der Waals surface area contributed by atoms with Gasteiger partial charge in [-0.3, -0.25) is 0 Å². The number of nitrogens with zero attached hydrogens (tertiary/aromatic N) is 1. The van der Waals surface area contributed by atoms with Crippen molar-refractivity contribution in [1.29, 1.82) is 0 Å². The maximum absolute atomic E-state index is 11.1. The Morgan fingerprint density at radius 2 is 2.15 bits per heavy atom. The number of hydrogen-bond donors (Lipinski definition) is 1. The molecule has 0 amide bonds. The molecule has 1 aliphatic carbocycles. The first-order valence-corrected chi connectivity index (χ1v) is 10.8. The maximum atomic E-state index is 11.1. The van der Waals surface area contributed by atoms with E-state index in [0.29, 0.717) is 18.2 Å². The van der Waals surface area contributed by atoms with E-state index >= 15 is 0 Å². The van der Waals surface area contributed by atoms with Crippen LogP contribution in [0, 0.1) is 11.3 Å². The standard InChI is InChI=1S/C20H32N2O3S/c1-15(11-12-18-17(3)10-7-13-20(18,4)5)8-6-9-16(2)14-19-21-25-26(23,24)22-19/h8,11-12,16H,6-7,9-10,13-14H2,1-5H3,(H,21,22)/b12-11+,15-8+. The zero-order valence-corrected chi connectivity index (χ0v) is 17.4. The van der Waals surface area contributed by atoms with Gasteiger partial charge in [0.05, 0.1) is 0 Å². The van der Waals surface area contributed by atoms with Crippen molar-refractivity contribution in [2.24, 2.45) is 15.7 Å². The summed E-state index contributed by atoms with van der Waals surface area (Å²) in [5.74, 6) is 0.716. The quantitative estimate of drug-likeness (QED) is 0.631. The number of allylic oxidation sites excluding steroid dienone is 6. The van der Waals surface area contributed by atoms with Crippen molar-refractivity contribution in [1.82, 2.24) is 5.48 Å². The average Bonchev–Trinajstić information content (AvgIpc) is 2.84. The fourth-order valence-corrected chi connectivity index (χ4v) is 4.29. The van der Waals surface area contributed by atoms with Gasteiger partial charge in [-0.15, -0.1) is 8.68 Å². The number of nitrogens with one attached hydrogen (secondary N) is 1. The van der Waals surface area contributed by atoms with Crippen LogP contribution >= 0.6 is 0 Å². The number of hydroxylamine groups is 1. The van der Waals surface area contributed by atoms with Gasteiger partial charge in [0, 0.05) is 6.42 Å². The third-order valence-corrected chi connectivity index (χ3v) is 5.95. The second-order valence-electron chi connectivity index (χ2n) is 8.25. The fourth-order valence-electron chi connectivity index (χ4n) is 3.67. The summed E-state index contributed by atoms with van der Waals surface area (Å²) in [7, 11) is -3.76. The first-order chi connectivity index (χ1) is 12.1. The van der Waals surface area contributed by atoms with Crippen molar-refractivity contribution in [2.45, 2.75) is 73.1 Å². The van der Waals surface area contributed by atoms with Crippen LogP contribution in [0.25, 0.3) is 0 Å². The first-order valence-electron chi connectivity index (χ1n) is 9.42. The van der Waals surface area contributed by atoms with Gasteiger partial charge in [0.1, 0.15) is 5.84 Å². The Labute approximate surface area is 158 Å². The number of hydrogen-bond acceptors (Lipinski definition) is 4. The Morgan fingerprint density at radius 1 is 1.42 bits per heavy atom. The van der Waals surface area contributed by atoms with Crippen LogP contribution in [-0.2, 0) is 14.6 Å². The van der Waals surface area contributed by atoms with E-state index in [1.807, 2.05) is 0 Å². The van der Waals surface area contributed by atoms with Crippen LogP contribution in [0.3, 0.4) is 0 Å². The van der Waals surface area contributed by atoms with Crippen molar-refractivity contribution in [3.63, 3.8) is 0 Å². The van der Waals surface area contributed by atoms with Crippen LogP contribution < -0.4 is 5.48 Å². The maximum Gasteiger partial charge on any atom is 0.403 e. The molecule has 146 valence electrons. The third-order valence-electron chi connectivity index (χ3n) is 5.21. The molecule has 2 aliphatic rings. The molecular formula is C20H32N2O3S. The van der Waals surface area contributed by atoms with Gasteiger partial charge in [0.25, 0.3) is 0 Å². The van der Waals surface area contributed by atoms with Crippen molar-refractivity contribution >= 4 is 16.1 Å². The summed E-state index contributed by atoms with van der Waals surface area (Å²) < 4.78 is 30.1. The summed E-state index contributed by atoms with van der Waals surface area (Å²) in [6, 6.07) is 0. The largest absolute Gasteiger partial charge is 0.403 e. The molecule has 0 saturated carbocycles. The second kappa shape index (κ2) is 8.53. The van der Waals surface area contributed by atoms with Crippen molar-refractivity contribution < 1.29 is 12.7 Å². The van der Waals surface area contributed by atoms with Gasteiger partial charge >= 0.3 is 10.3 Å². The fraction of sp³-hybridized carbons (Fsp3) is 0.650. The number of rotatable bonds is 7. The molecule has 0 fully saturated rings. The predicted octanol–water partition coefficient (Wildman–Crippen LogP) is 5.00. The van der Waals surface area contributed by atoms with Gasteiger partial charge < -0.3 is 0 Å². The Bertz CT molecular complexity index is 743. The first kappa shape index (κ1) is 20.9.